The van der Waals surface area contributed by atoms with Gasteiger partial charge in [-0.1, -0.05) is 37.1 Å². The molecule has 0 unspecified atom stereocenters. The van der Waals surface area contributed by atoms with E-state index in [2.05, 4.69) is 0 Å². The standard InChI is InChI=1S/C13H22O2/c1-8(2)5-6-11-7-12(14)10(4)13(15)9(11)3/h5-6,9-10,12-15H,7H2,1-4H3/b11-6+/t9-,10+,12-,13-/m1/s1. The van der Waals surface area contributed by atoms with E-state index in [0.29, 0.717) is 6.42 Å². The van der Waals surface area contributed by atoms with Crippen molar-refractivity contribution >= 4 is 0 Å². The lowest BCUT2D eigenvalue weighted by molar-refractivity contribution is -0.0208. The third-order valence-corrected chi connectivity index (χ3v) is 3.32. The van der Waals surface area contributed by atoms with E-state index in [-0.39, 0.29) is 11.8 Å². The van der Waals surface area contributed by atoms with Gasteiger partial charge in [0.15, 0.2) is 0 Å². The second kappa shape index (κ2) is 4.95. The van der Waals surface area contributed by atoms with Gasteiger partial charge in [-0.25, -0.2) is 0 Å². The second-order valence-corrected chi connectivity index (χ2v) is 4.90. The molecule has 0 heterocycles. The molecule has 0 aromatic rings. The molecular formula is C13H22O2. The molecule has 86 valence electrons. The molecule has 0 aromatic carbocycles. The summed E-state index contributed by atoms with van der Waals surface area (Å²) in [4.78, 5) is 0. The lowest BCUT2D eigenvalue weighted by Crippen LogP contribution is -2.40. The Balaban J connectivity index is 2.83. The Bertz CT molecular complexity index is 274. The number of aliphatic hydroxyl groups is 2. The smallest absolute Gasteiger partial charge is 0.0653 e. The molecule has 0 saturated heterocycles. The number of rotatable bonds is 1. The Morgan fingerprint density at radius 2 is 1.87 bits per heavy atom. The van der Waals surface area contributed by atoms with E-state index in [4.69, 9.17) is 0 Å². The van der Waals surface area contributed by atoms with Gasteiger partial charge in [0.05, 0.1) is 12.2 Å². The summed E-state index contributed by atoms with van der Waals surface area (Å²) in [6.07, 6.45) is 3.93. The van der Waals surface area contributed by atoms with Gasteiger partial charge < -0.3 is 10.2 Å². The van der Waals surface area contributed by atoms with Gasteiger partial charge in [0.2, 0.25) is 0 Å². The van der Waals surface area contributed by atoms with Crippen LogP contribution in [-0.4, -0.2) is 22.4 Å². The van der Waals surface area contributed by atoms with Gasteiger partial charge in [0.25, 0.3) is 0 Å². The van der Waals surface area contributed by atoms with Crippen LogP contribution in [0.2, 0.25) is 0 Å². The van der Waals surface area contributed by atoms with Crippen molar-refractivity contribution in [2.24, 2.45) is 11.8 Å². The zero-order valence-corrected chi connectivity index (χ0v) is 10.1. The Morgan fingerprint density at radius 3 is 2.40 bits per heavy atom. The van der Waals surface area contributed by atoms with Gasteiger partial charge in [-0.15, -0.1) is 0 Å². The lowest BCUT2D eigenvalue weighted by atomic mass is 9.75. The molecule has 1 saturated carbocycles. The summed E-state index contributed by atoms with van der Waals surface area (Å²) in [5.74, 6) is 0.128. The van der Waals surface area contributed by atoms with Crippen LogP contribution in [-0.2, 0) is 0 Å². The molecule has 1 aliphatic carbocycles. The van der Waals surface area contributed by atoms with Crippen molar-refractivity contribution in [1.29, 1.82) is 0 Å². The summed E-state index contributed by atoms with van der Waals surface area (Å²) in [6.45, 7) is 8.02. The van der Waals surface area contributed by atoms with Crippen molar-refractivity contribution in [3.8, 4) is 0 Å². The largest absolute Gasteiger partial charge is 0.392 e. The molecule has 2 heteroatoms. The van der Waals surface area contributed by atoms with Crippen molar-refractivity contribution in [3.05, 3.63) is 23.3 Å². The van der Waals surface area contributed by atoms with Crippen molar-refractivity contribution in [1.82, 2.24) is 0 Å². The average Bonchev–Trinajstić information content (AvgIpc) is 2.18. The van der Waals surface area contributed by atoms with E-state index in [1.165, 1.54) is 5.57 Å². The van der Waals surface area contributed by atoms with E-state index < -0.39 is 12.2 Å². The Labute approximate surface area is 92.3 Å². The molecule has 0 aromatic heterocycles. The topological polar surface area (TPSA) is 40.5 Å². The van der Waals surface area contributed by atoms with Gasteiger partial charge in [-0.3, -0.25) is 0 Å². The number of hydrogen-bond acceptors (Lipinski definition) is 2. The fourth-order valence-electron chi connectivity index (χ4n) is 2.01. The number of allylic oxidation sites excluding steroid dienone is 3. The summed E-state index contributed by atoms with van der Waals surface area (Å²) in [5.41, 5.74) is 2.38. The Hall–Kier alpha value is -0.600. The molecule has 15 heavy (non-hydrogen) atoms. The molecule has 1 aliphatic rings. The maximum atomic E-state index is 9.93. The molecule has 2 nitrogen and oxygen atoms in total. The van der Waals surface area contributed by atoms with Crippen LogP contribution < -0.4 is 0 Å². The maximum Gasteiger partial charge on any atom is 0.0653 e. The van der Waals surface area contributed by atoms with E-state index in [9.17, 15) is 10.2 Å². The molecule has 0 amide bonds. The van der Waals surface area contributed by atoms with Gasteiger partial charge >= 0.3 is 0 Å². The first kappa shape index (κ1) is 12.5. The van der Waals surface area contributed by atoms with Gasteiger partial charge in [-0.2, -0.15) is 0 Å². The maximum absolute atomic E-state index is 9.93. The van der Waals surface area contributed by atoms with Crippen LogP contribution in [0.3, 0.4) is 0 Å². The van der Waals surface area contributed by atoms with Gasteiger partial charge in [0, 0.05) is 11.8 Å². The minimum absolute atomic E-state index is 0.0242. The first-order chi connectivity index (χ1) is 6.93. The summed E-state index contributed by atoms with van der Waals surface area (Å²) in [7, 11) is 0. The molecule has 1 fully saturated rings. The zero-order chi connectivity index (χ0) is 11.6. The first-order valence-corrected chi connectivity index (χ1v) is 5.63. The highest BCUT2D eigenvalue weighted by atomic mass is 16.3. The molecule has 0 bridgehead atoms. The quantitative estimate of drug-likeness (QED) is 0.697. The molecule has 1 rings (SSSR count). The van der Waals surface area contributed by atoms with Crippen molar-refractivity contribution in [2.75, 3.05) is 0 Å². The van der Waals surface area contributed by atoms with E-state index in [1.807, 2.05) is 39.8 Å². The highest BCUT2D eigenvalue weighted by molar-refractivity contribution is 5.21. The molecular weight excluding hydrogens is 188 g/mol. The molecule has 0 aliphatic heterocycles. The van der Waals surface area contributed by atoms with Crippen LogP contribution >= 0.6 is 0 Å². The average molecular weight is 210 g/mol. The van der Waals surface area contributed by atoms with Crippen LogP contribution in [0.4, 0.5) is 0 Å². The zero-order valence-electron chi connectivity index (χ0n) is 10.1. The number of hydrogen-bond donors (Lipinski definition) is 2. The van der Waals surface area contributed by atoms with Crippen LogP contribution in [0.15, 0.2) is 23.3 Å². The SMILES string of the molecule is CC(C)=C/C=C1\C[C@@H](O)[C@H](C)[C@H](O)[C@@H]1C. The van der Waals surface area contributed by atoms with Crippen molar-refractivity contribution in [3.63, 3.8) is 0 Å². The minimum atomic E-state index is -0.425. The van der Waals surface area contributed by atoms with Crippen LogP contribution in [0.25, 0.3) is 0 Å². The van der Waals surface area contributed by atoms with Gasteiger partial charge in [-0.05, 0) is 20.3 Å². The summed E-state index contributed by atoms with van der Waals surface area (Å²) < 4.78 is 0. The van der Waals surface area contributed by atoms with Crippen LogP contribution in [0, 0.1) is 11.8 Å². The summed E-state index contributed by atoms with van der Waals surface area (Å²) in [6, 6.07) is 0. The third-order valence-electron chi connectivity index (χ3n) is 3.32. The van der Waals surface area contributed by atoms with E-state index >= 15 is 0 Å². The molecule has 0 spiro atoms. The molecule has 0 radical (unpaired) electrons. The fourth-order valence-corrected chi connectivity index (χ4v) is 2.01. The van der Waals surface area contributed by atoms with Crippen LogP contribution in [0.5, 0.6) is 0 Å². The Morgan fingerprint density at radius 1 is 1.27 bits per heavy atom. The van der Waals surface area contributed by atoms with Crippen LogP contribution in [0.1, 0.15) is 34.1 Å². The second-order valence-electron chi connectivity index (χ2n) is 4.90. The van der Waals surface area contributed by atoms with Crippen molar-refractivity contribution < 1.29 is 10.2 Å². The lowest BCUT2D eigenvalue weighted by Gasteiger charge is -2.36. The highest BCUT2D eigenvalue weighted by Crippen LogP contribution is 2.33. The monoisotopic (exact) mass is 210 g/mol. The summed E-state index contributed by atoms with van der Waals surface area (Å²) >= 11 is 0. The number of aliphatic hydroxyl groups excluding tert-OH is 2. The van der Waals surface area contributed by atoms with Gasteiger partial charge in [0.1, 0.15) is 0 Å². The Kier molecular flexibility index (Phi) is 4.12. The highest BCUT2D eigenvalue weighted by Gasteiger charge is 2.34. The predicted octanol–water partition coefficient (Wildman–Crippen LogP) is 2.28. The summed E-state index contributed by atoms with van der Waals surface area (Å²) in [5, 5.41) is 19.7. The van der Waals surface area contributed by atoms with E-state index in [0.717, 1.165) is 5.57 Å². The molecule has 4 atom stereocenters. The molecule has 2 N–H and O–H groups in total. The van der Waals surface area contributed by atoms with E-state index in [1.54, 1.807) is 0 Å². The fraction of sp³-hybridized carbons (Fsp3) is 0.692. The third kappa shape index (κ3) is 2.93. The first-order valence-electron chi connectivity index (χ1n) is 5.63. The normalized spacial score (nSPS) is 39.2. The van der Waals surface area contributed by atoms with Crippen molar-refractivity contribution in [2.45, 2.75) is 46.3 Å². The minimum Gasteiger partial charge on any atom is -0.392 e. The predicted molar refractivity (Wildman–Crippen MR) is 62.5 cm³/mol.